The first-order valence-corrected chi connectivity index (χ1v) is 13.0. The van der Waals surface area contributed by atoms with E-state index >= 15 is 0 Å². The van der Waals surface area contributed by atoms with Gasteiger partial charge in [0.05, 0.1) is 7.05 Å². The molecule has 8 heteroatoms. The molecule has 0 saturated carbocycles. The molecule has 204 valence electrons. The van der Waals surface area contributed by atoms with Crippen LogP contribution in [-0.2, 0) is 17.9 Å². The number of oxazole rings is 1. The molecule has 1 unspecified atom stereocenters. The minimum absolute atomic E-state index is 0.0466. The zero-order chi connectivity index (χ0) is 28.1. The molecule has 0 spiro atoms. The maximum atomic E-state index is 13.5. The summed E-state index contributed by atoms with van der Waals surface area (Å²) >= 11 is 0. The first-order chi connectivity index (χ1) is 17.9. The Hall–Kier alpha value is -3.65. The number of urea groups is 1. The van der Waals surface area contributed by atoms with E-state index in [0.717, 1.165) is 40.8 Å². The van der Waals surface area contributed by atoms with E-state index in [4.69, 9.17) is 14.1 Å². The van der Waals surface area contributed by atoms with Crippen LogP contribution in [0.1, 0.15) is 61.8 Å². The third-order valence-electron chi connectivity index (χ3n) is 6.63. The van der Waals surface area contributed by atoms with E-state index in [0.29, 0.717) is 37.0 Å². The molecule has 8 nitrogen and oxygen atoms in total. The van der Waals surface area contributed by atoms with Gasteiger partial charge in [0.15, 0.2) is 5.60 Å². The van der Waals surface area contributed by atoms with Crippen molar-refractivity contribution in [1.29, 1.82) is 0 Å². The lowest BCUT2D eigenvalue weighted by atomic mass is 10.0. The van der Waals surface area contributed by atoms with Crippen molar-refractivity contribution < 1.29 is 28.3 Å². The molecule has 0 fully saturated rings. The maximum Gasteiger partial charge on any atom is 0.416 e. The number of carboxylic acids is 1. The number of unbranched alkanes of at least 4 members (excludes halogenated alkanes) is 1. The molecule has 3 aromatic rings. The molecule has 2 amide bonds. The van der Waals surface area contributed by atoms with E-state index in [-0.39, 0.29) is 10.5 Å². The monoisotopic (exact) mass is 522 g/mol. The fourth-order valence-corrected chi connectivity index (χ4v) is 4.37. The minimum atomic E-state index is -1.36. The Labute approximate surface area is 225 Å². The standard InChI is InChI=1S/C30H39N3O5/c1-8-9-15-31-29(36)33(7,19-25-22(4)37-27(32-25)24-13-11-10-12-14-24)18-23-16-20(2)26(21(3)17-23)38-30(5,6)28(34)35/h10-14,16-17H,8-9,15,18-19H2,1-7H3,(H-,31,34,35,36)/p+1. The molecule has 2 aromatic carbocycles. The fraction of sp³-hybridized carbons (Fsp3) is 0.433. The van der Waals surface area contributed by atoms with Gasteiger partial charge in [0.2, 0.25) is 5.89 Å². The van der Waals surface area contributed by atoms with Gasteiger partial charge in [0, 0.05) is 17.7 Å². The van der Waals surface area contributed by atoms with Crippen LogP contribution in [-0.4, -0.2) is 45.8 Å². The van der Waals surface area contributed by atoms with Gasteiger partial charge in [-0.05, 0) is 76.4 Å². The third-order valence-corrected chi connectivity index (χ3v) is 6.63. The normalized spacial score (nSPS) is 13.1. The lowest BCUT2D eigenvalue weighted by Crippen LogP contribution is -2.53. The molecule has 0 radical (unpaired) electrons. The minimum Gasteiger partial charge on any atom is -0.478 e. The number of ether oxygens (including phenoxy) is 1. The number of aromatic nitrogens is 1. The van der Waals surface area contributed by atoms with Crippen LogP contribution in [0.15, 0.2) is 46.9 Å². The summed E-state index contributed by atoms with van der Waals surface area (Å²) in [7, 11) is 1.90. The van der Waals surface area contributed by atoms with E-state index in [1.54, 1.807) is 0 Å². The Balaban J connectivity index is 1.94. The van der Waals surface area contributed by atoms with Crippen molar-refractivity contribution in [2.75, 3.05) is 13.6 Å². The number of quaternary nitrogens is 1. The molecular weight excluding hydrogens is 482 g/mol. The number of aliphatic carboxylic acids is 1. The van der Waals surface area contributed by atoms with E-state index < -0.39 is 11.6 Å². The second kappa shape index (κ2) is 11.8. The Bertz CT molecular complexity index is 1260. The Morgan fingerprint density at radius 2 is 1.71 bits per heavy atom. The highest BCUT2D eigenvalue weighted by Gasteiger charge is 2.35. The zero-order valence-corrected chi connectivity index (χ0v) is 23.6. The third kappa shape index (κ3) is 6.81. The molecular formula is C30H40N3O5+. The summed E-state index contributed by atoms with van der Waals surface area (Å²) < 4.78 is 11.9. The molecule has 2 N–H and O–H groups in total. The van der Waals surface area contributed by atoms with E-state index in [1.807, 2.05) is 70.3 Å². The van der Waals surface area contributed by atoms with Crippen molar-refractivity contribution in [3.8, 4) is 17.2 Å². The van der Waals surface area contributed by atoms with Gasteiger partial charge in [-0.3, -0.25) is 0 Å². The van der Waals surface area contributed by atoms with Crippen molar-refractivity contribution in [3.63, 3.8) is 0 Å². The molecule has 1 aromatic heterocycles. The van der Waals surface area contributed by atoms with Gasteiger partial charge in [-0.2, -0.15) is 0 Å². The molecule has 1 atom stereocenters. The van der Waals surface area contributed by atoms with Crippen LogP contribution in [0, 0.1) is 20.8 Å². The van der Waals surface area contributed by atoms with Gasteiger partial charge >= 0.3 is 12.0 Å². The lowest BCUT2D eigenvalue weighted by Gasteiger charge is -2.31. The number of carbonyl (C=O) groups excluding carboxylic acids is 1. The largest absolute Gasteiger partial charge is 0.478 e. The number of hydrogen-bond donors (Lipinski definition) is 2. The molecule has 0 bridgehead atoms. The number of hydrogen-bond acceptors (Lipinski definition) is 5. The molecule has 0 aliphatic heterocycles. The van der Waals surface area contributed by atoms with Crippen molar-refractivity contribution in [1.82, 2.24) is 10.3 Å². The fourth-order valence-electron chi connectivity index (χ4n) is 4.37. The summed E-state index contributed by atoms with van der Waals surface area (Å²) in [6.45, 7) is 12.2. The van der Waals surface area contributed by atoms with Gasteiger partial charge in [-0.25, -0.2) is 19.1 Å². The topological polar surface area (TPSA) is 102 Å². The van der Waals surface area contributed by atoms with Crippen LogP contribution >= 0.6 is 0 Å². The summed E-state index contributed by atoms with van der Waals surface area (Å²) in [4.78, 5) is 29.9. The highest BCUT2D eigenvalue weighted by molar-refractivity contribution is 5.77. The van der Waals surface area contributed by atoms with E-state index in [1.165, 1.54) is 13.8 Å². The van der Waals surface area contributed by atoms with Gasteiger partial charge < -0.3 is 19.6 Å². The van der Waals surface area contributed by atoms with Gasteiger partial charge in [-0.1, -0.05) is 31.5 Å². The highest BCUT2D eigenvalue weighted by atomic mass is 16.5. The van der Waals surface area contributed by atoms with Crippen LogP contribution in [0.3, 0.4) is 0 Å². The molecule has 1 heterocycles. The van der Waals surface area contributed by atoms with Crippen LogP contribution in [0.25, 0.3) is 11.5 Å². The SMILES string of the molecule is CCCCNC(=O)[N+](C)(Cc1cc(C)c(OC(C)(C)C(=O)O)c(C)c1)Cc1nc(-c2ccccc2)oc1C. The Morgan fingerprint density at radius 1 is 1.08 bits per heavy atom. The number of nitrogens with zero attached hydrogens (tertiary/aromatic N) is 2. The van der Waals surface area contributed by atoms with Crippen LogP contribution in [0.5, 0.6) is 5.75 Å². The number of carbonyl (C=O) groups is 2. The summed E-state index contributed by atoms with van der Waals surface area (Å²) in [5.41, 5.74) is 2.83. The summed E-state index contributed by atoms with van der Waals surface area (Å²) in [5.74, 6) is 0.723. The van der Waals surface area contributed by atoms with Crippen LogP contribution in [0.4, 0.5) is 4.79 Å². The van der Waals surface area contributed by atoms with Gasteiger partial charge in [0.1, 0.15) is 30.3 Å². The molecule has 0 aliphatic carbocycles. The molecule has 0 aliphatic rings. The van der Waals surface area contributed by atoms with E-state index in [2.05, 4.69) is 12.2 Å². The average Bonchev–Trinajstić information content (AvgIpc) is 3.21. The second-order valence-corrected chi connectivity index (χ2v) is 10.7. The summed E-state index contributed by atoms with van der Waals surface area (Å²) in [6, 6.07) is 13.5. The number of benzene rings is 2. The summed E-state index contributed by atoms with van der Waals surface area (Å²) in [6.07, 6.45) is 1.88. The first-order valence-electron chi connectivity index (χ1n) is 13.0. The van der Waals surface area contributed by atoms with Crippen molar-refractivity contribution in [2.45, 2.75) is 73.1 Å². The van der Waals surface area contributed by atoms with Crippen molar-refractivity contribution >= 4 is 12.0 Å². The van der Waals surface area contributed by atoms with Crippen molar-refractivity contribution in [2.24, 2.45) is 0 Å². The number of rotatable bonds is 11. The smallest absolute Gasteiger partial charge is 0.416 e. The molecule has 0 saturated heterocycles. The van der Waals surface area contributed by atoms with Gasteiger partial charge in [-0.15, -0.1) is 0 Å². The average molecular weight is 523 g/mol. The number of aryl methyl sites for hydroxylation is 3. The molecule has 38 heavy (non-hydrogen) atoms. The Kier molecular flexibility index (Phi) is 8.99. The first kappa shape index (κ1) is 28.9. The van der Waals surface area contributed by atoms with Crippen LogP contribution in [0.2, 0.25) is 0 Å². The van der Waals surface area contributed by atoms with Gasteiger partial charge in [0.25, 0.3) is 0 Å². The number of amides is 2. The number of nitrogens with one attached hydrogen (secondary N) is 1. The lowest BCUT2D eigenvalue weighted by molar-refractivity contribution is -0.858. The zero-order valence-electron chi connectivity index (χ0n) is 23.6. The summed E-state index contributed by atoms with van der Waals surface area (Å²) in [5, 5.41) is 12.6. The number of carboxylic acid groups (broad SMARTS) is 1. The predicted octanol–water partition coefficient (Wildman–Crippen LogP) is 6.17. The highest BCUT2D eigenvalue weighted by Crippen LogP contribution is 2.31. The maximum absolute atomic E-state index is 13.5. The Morgan fingerprint density at radius 3 is 2.29 bits per heavy atom. The quantitative estimate of drug-likeness (QED) is 0.231. The second-order valence-electron chi connectivity index (χ2n) is 10.7. The molecule has 3 rings (SSSR count). The van der Waals surface area contributed by atoms with Crippen LogP contribution < -0.4 is 10.1 Å². The van der Waals surface area contributed by atoms with Crippen molar-refractivity contribution in [3.05, 3.63) is 70.6 Å². The predicted molar refractivity (Wildman–Crippen MR) is 147 cm³/mol. The van der Waals surface area contributed by atoms with E-state index in [9.17, 15) is 14.7 Å².